The summed E-state index contributed by atoms with van der Waals surface area (Å²) in [6.07, 6.45) is 3.05. The number of aliphatic hydroxyl groups is 1. The van der Waals surface area contributed by atoms with E-state index in [2.05, 4.69) is 35.1 Å². The van der Waals surface area contributed by atoms with Gasteiger partial charge < -0.3 is 15.3 Å². The SMILES string of the molecule is CCCNCc1ccc(N(CC)CC(C)(C)O)nc1. The van der Waals surface area contributed by atoms with Crippen molar-refractivity contribution in [2.75, 3.05) is 24.5 Å². The maximum atomic E-state index is 9.90. The third-order valence-corrected chi connectivity index (χ3v) is 2.85. The van der Waals surface area contributed by atoms with Crippen molar-refractivity contribution in [2.24, 2.45) is 0 Å². The van der Waals surface area contributed by atoms with Crippen molar-refractivity contribution in [1.82, 2.24) is 10.3 Å². The van der Waals surface area contributed by atoms with Gasteiger partial charge in [-0.1, -0.05) is 13.0 Å². The predicted molar refractivity (Wildman–Crippen MR) is 80.4 cm³/mol. The van der Waals surface area contributed by atoms with Crippen molar-refractivity contribution in [2.45, 2.75) is 46.3 Å². The van der Waals surface area contributed by atoms with Crippen molar-refractivity contribution in [3.63, 3.8) is 0 Å². The van der Waals surface area contributed by atoms with E-state index in [9.17, 15) is 5.11 Å². The van der Waals surface area contributed by atoms with Crippen molar-refractivity contribution in [1.29, 1.82) is 0 Å². The van der Waals surface area contributed by atoms with Crippen molar-refractivity contribution in [3.8, 4) is 0 Å². The number of hydrogen-bond donors (Lipinski definition) is 2. The highest BCUT2D eigenvalue weighted by molar-refractivity contribution is 5.39. The minimum atomic E-state index is -0.709. The lowest BCUT2D eigenvalue weighted by molar-refractivity contribution is 0.0874. The number of nitrogens with one attached hydrogen (secondary N) is 1. The van der Waals surface area contributed by atoms with Crippen LogP contribution in [-0.2, 0) is 6.54 Å². The van der Waals surface area contributed by atoms with Gasteiger partial charge in [-0.25, -0.2) is 4.98 Å². The van der Waals surface area contributed by atoms with Crippen LogP contribution < -0.4 is 10.2 Å². The molecule has 1 aromatic heterocycles. The Labute approximate surface area is 116 Å². The van der Waals surface area contributed by atoms with Crippen LogP contribution in [0.1, 0.15) is 39.7 Å². The summed E-state index contributed by atoms with van der Waals surface area (Å²) in [5.74, 6) is 0.920. The number of hydrogen-bond acceptors (Lipinski definition) is 4. The third kappa shape index (κ3) is 6.03. The molecule has 0 saturated carbocycles. The third-order valence-electron chi connectivity index (χ3n) is 2.85. The van der Waals surface area contributed by atoms with Gasteiger partial charge in [-0.3, -0.25) is 0 Å². The fraction of sp³-hybridized carbons (Fsp3) is 0.667. The molecule has 0 unspecified atom stereocenters. The first-order valence-electron chi connectivity index (χ1n) is 7.09. The molecule has 1 heterocycles. The molecule has 4 nitrogen and oxygen atoms in total. The Kier molecular flexibility index (Phi) is 6.25. The Hall–Kier alpha value is -1.13. The monoisotopic (exact) mass is 265 g/mol. The largest absolute Gasteiger partial charge is 0.389 e. The lowest BCUT2D eigenvalue weighted by atomic mass is 10.1. The first-order chi connectivity index (χ1) is 8.96. The highest BCUT2D eigenvalue weighted by atomic mass is 16.3. The molecule has 108 valence electrons. The predicted octanol–water partition coefficient (Wildman–Crippen LogP) is 2.18. The van der Waals surface area contributed by atoms with E-state index in [1.807, 2.05) is 26.1 Å². The zero-order chi connectivity index (χ0) is 14.3. The average Bonchev–Trinajstić information content (AvgIpc) is 2.36. The minimum Gasteiger partial charge on any atom is -0.389 e. The zero-order valence-corrected chi connectivity index (χ0v) is 12.6. The fourth-order valence-corrected chi connectivity index (χ4v) is 1.94. The van der Waals surface area contributed by atoms with E-state index in [0.29, 0.717) is 6.54 Å². The van der Waals surface area contributed by atoms with Gasteiger partial charge in [0, 0.05) is 25.8 Å². The molecule has 0 aliphatic heterocycles. The van der Waals surface area contributed by atoms with Gasteiger partial charge in [-0.2, -0.15) is 0 Å². The number of anilines is 1. The molecule has 0 aliphatic carbocycles. The lowest BCUT2D eigenvalue weighted by Crippen LogP contribution is -2.39. The number of pyridine rings is 1. The van der Waals surface area contributed by atoms with Crippen LogP contribution in [0.3, 0.4) is 0 Å². The number of nitrogens with zero attached hydrogens (tertiary/aromatic N) is 2. The molecule has 1 aromatic rings. The molecular formula is C15H27N3O. The molecule has 0 bridgehead atoms. The maximum absolute atomic E-state index is 9.90. The van der Waals surface area contributed by atoms with E-state index in [-0.39, 0.29) is 0 Å². The summed E-state index contributed by atoms with van der Waals surface area (Å²) in [4.78, 5) is 6.57. The summed E-state index contributed by atoms with van der Waals surface area (Å²) in [5, 5.41) is 13.3. The molecule has 0 fully saturated rings. The lowest BCUT2D eigenvalue weighted by Gasteiger charge is -2.29. The first kappa shape index (κ1) is 15.9. The summed E-state index contributed by atoms with van der Waals surface area (Å²) >= 11 is 0. The Morgan fingerprint density at radius 3 is 2.53 bits per heavy atom. The van der Waals surface area contributed by atoms with Crippen LogP contribution in [0.5, 0.6) is 0 Å². The van der Waals surface area contributed by atoms with E-state index < -0.39 is 5.60 Å². The molecule has 0 aliphatic rings. The van der Waals surface area contributed by atoms with Gasteiger partial charge in [0.25, 0.3) is 0 Å². The van der Waals surface area contributed by atoms with E-state index >= 15 is 0 Å². The summed E-state index contributed by atoms with van der Waals surface area (Å²) in [6, 6.07) is 4.12. The number of rotatable bonds is 8. The normalized spacial score (nSPS) is 11.6. The Bertz CT molecular complexity index is 357. The number of likely N-dealkylation sites (N-methyl/N-ethyl adjacent to an activating group) is 1. The summed E-state index contributed by atoms with van der Waals surface area (Å²) in [7, 11) is 0. The van der Waals surface area contributed by atoms with Crippen LogP contribution in [0, 0.1) is 0 Å². The molecular weight excluding hydrogens is 238 g/mol. The van der Waals surface area contributed by atoms with Gasteiger partial charge >= 0.3 is 0 Å². The zero-order valence-electron chi connectivity index (χ0n) is 12.6. The molecule has 0 saturated heterocycles. The van der Waals surface area contributed by atoms with E-state index in [0.717, 1.165) is 31.9 Å². The van der Waals surface area contributed by atoms with Crippen molar-refractivity contribution < 1.29 is 5.11 Å². The maximum Gasteiger partial charge on any atom is 0.128 e. The van der Waals surface area contributed by atoms with Gasteiger partial charge in [0.15, 0.2) is 0 Å². The first-order valence-corrected chi connectivity index (χ1v) is 7.09. The average molecular weight is 265 g/mol. The second-order valence-corrected chi connectivity index (χ2v) is 5.53. The molecule has 0 amide bonds. The van der Waals surface area contributed by atoms with Crippen LogP contribution in [0.25, 0.3) is 0 Å². The second-order valence-electron chi connectivity index (χ2n) is 5.53. The fourth-order valence-electron chi connectivity index (χ4n) is 1.94. The van der Waals surface area contributed by atoms with Gasteiger partial charge in [0.1, 0.15) is 5.82 Å². The van der Waals surface area contributed by atoms with E-state index in [1.165, 1.54) is 5.56 Å². The molecule has 4 heteroatoms. The topological polar surface area (TPSA) is 48.4 Å². The Balaban J connectivity index is 2.62. The van der Waals surface area contributed by atoms with Crippen LogP contribution in [0.2, 0.25) is 0 Å². The van der Waals surface area contributed by atoms with Crippen LogP contribution >= 0.6 is 0 Å². The van der Waals surface area contributed by atoms with Gasteiger partial charge in [0.2, 0.25) is 0 Å². The van der Waals surface area contributed by atoms with Gasteiger partial charge in [-0.15, -0.1) is 0 Å². The van der Waals surface area contributed by atoms with Gasteiger partial charge in [-0.05, 0) is 45.4 Å². The molecule has 1 rings (SSSR count). The van der Waals surface area contributed by atoms with Crippen molar-refractivity contribution in [3.05, 3.63) is 23.9 Å². The van der Waals surface area contributed by atoms with E-state index in [4.69, 9.17) is 0 Å². The Morgan fingerprint density at radius 2 is 2.05 bits per heavy atom. The molecule has 0 spiro atoms. The van der Waals surface area contributed by atoms with Gasteiger partial charge in [0.05, 0.1) is 5.60 Å². The second kappa shape index (κ2) is 7.46. The highest BCUT2D eigenvalue weighted by Gasteiger charge is 2.18. The smallest absolute Gasteiger partial charge is 0.128 e. The molecule has 2 N–H and O–H groups in total. The van der Waals surface area contributed by atoms with Crippen LogP contribution in [-0.4, -0.2) is 35.3 Å². The molecule has 0 aromatic carbocycles. The molecule has 0 atom stereocenters. The highest BCUT2D eigenvalue weighted by Crippen LogP contribution is 2.14. The summed E-state index contributed by atoms with van der Waals surface area (Å²) < 4.78 is 0. The summed E-state index contributed by atoms with van der Waals surface area (Å²) in [6.45, 7) is 11.2. The quantitative estimate of drug-likeness (QED) is 0.707. The van der Waals surface area contributed by atoms with Crippen LogP contribution in [0.15, 0.2) is 18.3 Å². The number of aromatic nitrogens is 1. The van der Waals surface area contributed by atoms with E-state index in [1.54, 1.807) is 0 Å². The molecule has 19 heavy (non-hydrogen) atoms. The van der Waals surface area contributed by atoms with Crippen molar-refractivity contribution >= 4 is 5.82 Å². The molecule has 0 radical (unpaired) electrons. The Morgan fingerprint density at radius 1 is 1.32 bits per heavy atom. The summed E-state index contributed by atoms with van der Waals surface area (Å²) in [5.41, 5.74) is 0.482. The minimum absolute atomic E-state index is 0.587. The van der Waals surface area contributed by atoms with Crippen LogP contribution in [0.4, 0.5) is 5.82 Å². The standard InChI is InChI=1S/C15H27N3O/c1-5-9-16-10-13-7-8-14(17-11-13)18(6-2)12-15(3,4)19/h7-8,11,16,19H,5-6,9-10,12H2,1-4H3.